The zero-order valence-electron chi connectivity index (χ0n) is 13.9. The average molecular weight is 360 g/mol. The zero-order valence-corrected chi connectivity index (χ0v) is 15.5. The number of carbonyl (C=O) groups is 1. The highest BCUT2D eigenvalue weighted by Crippen LogP contribution is 2.25. The molecule has 1 fully saturated rings. The van der Waals surface area contributed by atoms with Crippen LogP contribution in [0.1, 0.15) is 31.6 Å². The van der Waals surface area contributed by atoms with Gasteiger partial charge in [0.1, 0.15) is 4.21 Å². The van der Waals surface area contributed by atoms with Crippen molar-refractivity contribution in [2.45, 2.75) is 43.9 Å². The fraction of sp³-hybridized carbons (Fsp3) is 0.667. The van der Waals surface area contributed by atoms with Gasteiger partial charge in [-0.15, -0.1) is 11.3 Å². The van der Waals surface area contributed by atoms with E-state index in [1.54, 1.807) is 11.0 Å². The Kier molecular flexibility index (Phi) is 6.05. The standard InChI is InChI=1S/C15H25N3O3S2/c1-4-5-12(2)16-15(19)17-8-10-18(11-9-17)23(20,21)14-7-6-13(3)22-14/h6-7,12H,4-5,8-11H2,1-3H3,(H,16,19). The van der Waals surface area contributed by atoms with E-state index in [1.165, 1.54) is 15.6 Å². The van der Waals surface area contributed by atoms with Crippen LogP contribution >= 0.6 is 11.3 Å². The second-order valence-electron chi connectivity index (χ2n) is 5.90. The van der Waals surface area contributed by atoms with E-state index in [9.17, 15) is 13.2 Å². The molecular weight excluding hydrogens is 334 g/mol. The van der Waals surface area contributed by atoms with Crippen LogP contribution in [0.5, 0.6) is 0 Å². The lowest BCUT2D eigenvalue weighted by Crippen LogP contribution is -2.54. The summed E-state index contributed by atoms with van der Waals surface area (Å²) in [6.45, 7) is 7.50. The van der Waals surface area contributed by atoms with Gasteiger partial charge in [0.25, 0.3) is 10.0 Å². The van der Waals surface area contributed by atoms with Crippen LogP contribution in [0.2, 0.25) is 0 Å². The Morgan fingerprint density at radius 3 is 2.48 bits per heavy atom. The van der Waals surface area contributed by atoms with Crippen molar-refractivity contribution >= 4 is 27.4 Å². The Morgan fingerprint density at radius 2 is 1.96 bits per heavy atom. The lowest BCUT2D eigenvalue weighted by molar-refractivity contribution is 0.169. The Bertz CT molecular complexity index is 634. The van der Waals surface area contributed by atoms with Crippen molar-refractivity contribution < 1.29 is 13.2 Å². The van der Waals surface area contributed by atoms with Crippen LogP contribution in [0.25, 0.3) is 0 Å². The molecule has 1 aromatic heterocycles. The van der Waals surface area contributed by atoms with Crippen LogP contribution in [0.3, 0.4) is 0 Å². The summed E-state index contributed by atoms with van der Waals surface area (Å²) in [6, 6.07) is 3.51. The van der Waals surface area contributed by atoms with Crippen molar-refractivity contribution in [3.8, 4) is 0 Å². The molecule has 1 saturated heterocycles. The number of sulfonamides is 1. The molecule has 0 saturated carbocycles. The second-order valence-corrected chi connectivity index (χ2v) is 9.35. The molecule has 23 heavy (non-hydrogen) atoms. The summed E-state index contributed by atoms with van der Waals surface area (Å²) in [7, 11) is -3.43. The molecule has 2 heterocycles. The van der Waals surface area contributed by atoms with Crippen molar-refractivity contribution in [1.82, 2.24) is 14.5 Å². The second kappa shape index (κ2) is 7.63. The van der Waals surface area contributed by atoms with Crippen LogP contribution in [0, 0.1) is 6.92 Å². The number of amides is 2. The lowest BCUT2D eigenvalue weighted by atomic mass is 10.2. The number of hydrogen-bond donors (Lipinski definition) is 1. The maximum absolute atomic E-state index is 12.6. The fourth-order valence-electron chi connectivity index (χ4n) is 2.62. The minimum absolute atomic E-state index is 0.102. The number of aryl methyl sites for hydroxylation is 1. The minimum Gasteiger partial charge on any atom is -0.336 e. The molecule has 1 unspecified atom stereocenters. The summed E-state index contributed by atoms with van der Waals surface area (Å²) >= 11 is 1.29. The number of piperazine rings is 1. The van der Waals surface area contributed by atoms with Gasteiger partial charge in [-0.05, 0) is 32.4 Å². The molecular formula is C15H25N3O3S2. The largest absolute Gasteiger partial charge is 0.336 e. The van der Waals surface area contributed by atoms with Crippen molar-refractivity contribution in [1.29, 1.82) is 0 Å². The highest BCUT2D eigenvalue weighted by Gasteiger charge is 2.31. The van der Waals surface area contributed by atoms with E-state index in [0.717, 1.165) is 17.7 Å². The van der Waals surface area contributed by atoms with Crippen molar-refractivity contribution in [2.75, 3.05) is 26.2 Å². The fourth-order valence-corrected chi connectivity index (χ4v) is 5.48. The molecule has 8 heteroatoms. The normalized spacial score (nSPS) is 18.0. The van der Waals surface area contributed by atoms with E-state index >= 15 is 0 Å². The number of nitrogens with one attached hydrogen (secondary N) is 1. The summed E-state index contributed by atoms with van der Waals surface area (Å²) in [5.74, 6) is 0. The maximum Gasteiger partial charge on any atom is 0.317 e. The predicted octanol–water partition coefficient (Wildman–Crippen LogP) is 2.26. The summed E-state index contributed by atoms with van der Waals surface area (Å²) in [6.07, 6.45) is 1.96. The van der Waals surface area contributed by atoms with Gasteiger partial charge in [-0.1, -0.05) is 13.3 Å². The van der Waals surface area contributed by atoms with E-state index < -0.39 is 10.0 Å². The Hall–Kier alpha value is -1.12. The first-order valence-electron chi connectivity index (χ1n) is 7.96. The Balaban J connectivity index is 1.92. The van der Waals surface area contributed by atoms with E-state index in [4.69, 9.17) is 0 Å². The first kappa shape index (κ1) is 18.2. The quantitative estimate of drug-likeness (QED) is 0.877. The van der Waals surface area contributed by atoms with Crippen molar-refractivity contribution in [2.24, 2.45) is 0 Å². The molecule has 1 atom stereocenters. The molecule has 6 nitrogen and oxygen atoms in total. The van der Waals surface area contributed by atoms with Crippen molar-refractivity contribution in [3.63, 3.8) is 0 Å². The highest BCUT2D eigenvalue weighted by molar-refractivity contribution is 7.91. The number of thiophene rings is 1. The molecule has 2 rings (SSSR count). The summed E-state index contributed by atoms with van der Waals surface area (Å²) in [5, 5.41) is 2.96. The molecule has 2 amide bonds. The molecule has 1 aliphatic heterocycles. The van der Waals surface area contributed by atoms with Gasteiger partial charge in [-0.25, -0.2) is 13.2 Å². The number of rotatable bonds is 5. The van der Waals surface area contributed by atoms with Gasteiger partial charge in [0.15, 0.2) is 0 Å². The monoisotopic (exact) mass is 359 g/mol. The van der Waals surface area contributed by atoms with Crippen LogP contribution in [-0.2, 0) is 10.0 Å². The number of urea groups is 1. The SMILES string of the molecule is CCCC(C)NC(=O)N1CCN(S(=O)(=O)c2ccc(C)s2)CC1. The molecule has 0 aromatic carbocycles. The number of nitrogens with zero attached hydrogens (tertiary/aromatic N) is 2. The molecule has 0 bridgehead atoms. The van der Waals surface area contributed by atoms with Gasteiger partial charge in [0.05, 0.1) is 0 Å². The topological polar surface area (TPSA) is 69.7 Å². The van der Waals surface area contributed by atoms with Crippen LogP contribution in [0.4, 0.5) is 4.79 Å². The van der Waals surface area contributed by atoms with Gasteiger partial charge >= 0.3 is 6.03 Å². The molecule has 0 aliphatic carbocycles. The van der Waals surface area contributed by atoms with E-state index in [0.29, 0.717) is 30.4 Å². The number of carbonyl (C=O) groups excluding carboxylic acids is 1. The van der Waals surface area contributed by atoms with E-state index in [-0.39, 0.29) is 12.1 Å². The zero-order chi connectivity index (χ0) is 17.0. The van der Waals surface area contributed by atoms with Gasteiger partial charge in [0.2, 0.25) is 0 Å². The minimum atomic E-state index is -3.43. The summed E-state index contributed by atoms with van der Waals surface area (Å²) in [5.41, 5.74) is 0. The van der Waals surface area contributed by atoms with Gasteiger partial charge < -0.3 is 10.2 Å². The van der Waals surface area contributed by atoms with E-state index in [2.05, 4.69) is 12.2 Å². The number of hydrogen-bond acceptors (Lipinski definition) is 4. The summed E-state index contributed by atoms with van der Waals surface area (Å²) < 4.78 is 27.0. The van der Waals surface area contributed by atoms with Gasteiger partial charge in [-0.2, -0.15) is 4.31 Å². The highest BCUT2D eigenvalue weighted by atomic mass is 32.2. The Labute approximate surface area is 142 Å². The predicted molar refractivity (Wildman–Crippen MR) is 92.3 cm³/mol. The molecule has 1 N–H and O–H groups in total. The molecule has 0 radical (unpaired) electrons. The first-order chi connectivity index (χ1) is 10.8. The molecule has 130 valence electrons. The van der Waals surface area contributed by atoms with Crippen LogP contribution in [0.15, 0.2) is 16.3 Å². The van der Waals surface area contributed by atoms with E-state index in [1.807, 2.05) is 19.9 Å². The van der Waals surface area contributed by atoms with Gasteiger partial charge in [-0.3, -0.25) is 0 Å². The average Bonchev–Trinajstić information content (AvgIpc) is 2.95. The summed E-state index contributed by atoms with van der Waals surface area (Å²) in [4.78, 5) is 14.8. The van der Waals surface area contributed by atoms with Crippen LogP contribution in [-0.4, -0.2) is 55.9 Å². The maximum atomic E-state index is 12.6. The van der Waals surface area contributed by atoms with Crippen molar-refractivity contribution in [3.05, 3.63) is 17.0 Å². The Morgan fingerprint density at radius 1 is 1.30 bits per heavy atom. The smallest absolute Gasteiger partial charge is 0.317 e. The third-order valence-electron chi connectivity index (χ3n) is 3.93. The molecule has 1 aromatic rings. The molecule has 1 aliphatic rings. The third kappa shape index (κ3) is 4.45. The third-order valence-corrected chi connectivity index (χ3v) is 7.29. The first-order valence-corrected chi connectivity index (χ1v) is 10.2. The van der Waals surface area contributed by atoms with Gasteiger partial charge in [0, 0.05) is 37.1 Å². The lowest BCUT2D eigenvalue weighted by Gasteiger charge is -2.34. The molecule has 0 spiro atoms. The van der Waals surface area contributed by atoms with Crippen LogP contribution < -0.4 is 5.32 Å².